The van der Waals surface area contributed by atoms with Gasteiger partial charge in [-0.15, -0.1) is 11.3 Å². The summed E-state index contributed by atoms with van der Waals surface area (Å²) in [5.74, 6) is 0. The van der Waals surface area contributed by atoms with Crippen molar-refractivity contribution >= 4 is 17.0 Å². The van der Waals surface area contributed by atoms with Crippen molar-refractivity contribution in [3.8, 4) is 0 Å². The summed E-state index contributed by atoms with van der Waals surface area (Å²) in [5.41, 5.74) is 4.22. The molecule has 1 aromatic carbocycles. The molecule has 0 aliphatic carbocycles. The number of likely N-dealkylation sites (N-methyl/N-ethyl adjacent to an activating group) is 1. The van der Waals surface area contributed by atoms with Gasteiger partial charge in [0.15, 0.2) is 0 Å². The van der Waals surface area contributed by atoms with Crippen LogP contribution in [0, 0.1) is 6.92 Å². The number of thiazole rings is 1. The van der Waals surface area contributed by atoms with Crippen LogP contribution < -0.4 is 10.2 Å². The van der Waals surface area contributed by atoms with Gasteiger partial charge in [-0.2, -0.15) is 0 Å². The van der Waals surface area contributed by atoms with Crippen molar-refractivity contribution in [1.82, 2.24) is 10.3 Å². The van der Waals surface area contributed by atoms with Crippen molar-refractivity contribution in [2.75, 3.05) is 18.5 Å². The number of hydrogen-bond acceptors (Lipinski definition) is 4. The smallest absolute Gasteiger partial charge is 0.109 e. The van der Waals surface area contributed by atoms with Gasteiger partial charge in [-0.05, 0) is 37.5 Å². The van der Waals surface area contributed by atoms with Gasteiger partial charge in [0.1, 0.15) is 5.01 Å². The maximum absolute atomic E-state index is 4.45. The van der Waals surface area contributed by atoms with E-state index in [-0.39, 0.29) is 0 Å². The SMILES string of the molecule is Cc1cnc(C(C)NCc2ccc3c(c2)CCN3C)s1. The summed E-state index contributed by atoms with van der Waals surface area (Å²) in [4.78, 5) is 8.04. The second-order valence-electron chi connectivity index (χ2n) is 5.55. The van der Waals surface area contributed by atoms with E-state index in [9.17, 15) is 0 Å². The van der Waals surface area contributed by atoms with Gasteiger partial charge in [0, 0.05) is 36.9 Å². The lowest BCUT2D eigenvalue weighted by Crippen LogP contribution is -2.18. The van der Waals surface area contributed by atoms with Crippen LogP contribution in [0.15, 0.2) is 24.4 Å². The van der Waals surface area contributed by atoms with Gasteiger partial charge in [0.25, 0.3) is 0 Å². The Balaban J connectivity index is 1.64. The molecule has 2 aromatic rings. The first kappa shape index (κ1) is 13.6. The Kier molecular flexibility index (Phi) is 3.76. The Labute approximate surface area is 124 Å². The number of aryl methyl sites for hydroxylation is 1. The second kappa shape index (κ2) is 5.54. The zero-order valence-corrected chi connectivity index (χ0v) is 13.1. The third-order valence-electron chi connectivity index (χ3n) is 3.89. The number of benzene rings is 1. The van der Waals surface area contributed by atoms with Gasteiger partial charge in [-0.1, -0.05) is 12.1 Å². The maximum Gasteiger partial charge on any atom is 0.109 e. The number of aromatic nitrogens is 1. The predicted octanol–water partition coefficient (Wildman–Crippen LogP) is 3.29. The fourth-order valence-corrected chi connectivity index (χ4v) is 3.46. The van der Waals surface area contributed by atoms with Gasteiger partial charge in [0.2, 0.25) is 0 Å². The van der Waals surface area contributed by atoms with Gasteiger partial charge < -0.3 is 10.2 Å². The minimum Gasteiger partial charge on any atom is -0.374 e. The minimum atomic E-state index is 0.310. The molecule has 0 fully saturated rings. The predicted molar refractivity (Wildman–Crippen MR) is 85.5 cm³/mol. The number of nitrogens with one attached hydrogen (secondary N) is 1. The van der Waals surface area contributed by atoms with E-state index in [1.54, 1.807) is 11.3 Å². The fraction of sp³-hybridized carbons (Fsp3) is 0.438. The highest BCUT2D eigenvalue weighted by Gasteiger charge is 2.16. The Morgan fingerprint density at radius 2 is 2.30 bits per heavy atom. The number of fused-ring (bicyclic) bond motifs is 1. The van der Waals surface area contributed by atoms with Crippen LogP contribution in [0.1, 0.15) is 34.0 Å². The van der Waals surface area contributed by atoms with E-state index in [1.165, 1.54) is 33.1 Å². The highest BCUT2D eigenvalue weighted by atomic mass is 32.1. The standard InChI is InChI=1S/C16H21N3S/c1-11-9-18-16(20-11)12(2)17-10-13-4-5-15-14(8-13)6-7-19(15)3/h4-5,8-9,12,17H,6-7,10H2,1-3H3. The van der Waals surface area contributed by atoms with E-state index < -0.39 is 0 Å². The van der Waals surface area contributed by atoms with E-state index in [0.717, 1.165) is 13.1 Å². The third-order valence-corrected chi connectivity index (χ3v) is 4.99. The van der Waals surface area contributed by atoms with Crippen molar-refractivity contribution < 1.29 is 0 Å². The summed E-state index contributed by atoms with van der Waals surface area (Å²) in [7, 11) is 2.16. The molecule has 4 heteroatoms. The molecule has 1 aliphatic rings. The second-order valence-corrected chi connectivity index (χ2v) is 6.81. The van der Waals surface area contributed by atoms with Gasteiger partial charge >= 0.3 is 0 Å². The van der Waals surface area contributed by atoms with E-state index >= 15 is 0 Å². The molecule has 1 aromatic heterocycles. The van der Waals surface area contributed by atoms with Crippen molar-refractivity contribution in [3.63, 3.8) is 0 Å². The monoisotopic (exact) mass is 287 g/mol. The molecule has 0 radical (unpaired) electrons. The number of nitrogens with zero attached hydrogens (tertiary/aromatic N) is 2. The summed E-state index contributed by atoms with van der Waals surface area (Å²) in [5, 5.41) is 4.74. The Morgan fingerprint density at radius 1 is 1.45 bits per heavy atom. The lowest BCUT2D eigenvalue weighted by molar-refractivity contribution is 0.571. The molecule has 3 rings (SSSR count). The molecule has 0 saturated heterocycles. The molecule has 1 atom stereocenters. The lowest BCUT2D eigenvalue weighted by Gasteiger charge is -2.14. The number of hydrogen-bond donors (Lipinski definition) is 1. The maximum atomic E-state index is 4.45. The summed E-state index contributed by atoms with van der Waals surface area (Å²) in [6.07, 6.45) is 3.12. The fourth-order valence-electron chi connectivity index (χ4n) is 2.66. The topological polar surface area (TPSA) is 28.2 Å². The van der Waals surface area contributed by atoms with E-state index in [4.69, 9.17) is 0 Å². The molecule has 1 aliphatic heterocycles. The van der Waals surface area contributed by atoms with Crippen molar-refractivity contribution in [2.45, 2.75) is 32.9 Å². The summed E-state index contributed by atoms with van der Waals surface area (Å²) >= 11 is 1.77. The lowest BCUT2D eigenvalue weighted by atomic mass is 10.1. The van der Waals surface area contributed by atoms with Crippen LogP contribution >= 0.6 is 11.3 Å². The summed E-state index contributed by atoms with van der Waals surface area (Å²) < 4.78 is 0. The Bertz CT molecular complexity index is 606. The van der Waals surface area contributed by atoms with Crippen molar-refractivity contribution in [2.24, 2.45) is 0 Å². The van der Waals surface area contributed by atoms with Gasteiger partial charge in [-0.3, -0.25) is 0 Å². The molecular formula is C16H21N3S. The molecule has 0 bridgehead atoms. The Morgan fingerprint density at radius 3 is 3.05 bits per heavy atom. The van der Waals surface area contributed by atoms with Crippen molar-refractivity contribution in [1.29, 1.82) is 0 Å². The minimum absolute atomic E-state index is 0.310. The van der Waals surface area contributed by atoms with Crippen LogP contribution in [-0.2, 0) is 13.0 Å². The molecular weight excluding hydrogens is 266 g/mol. The van der Waals surface area contributed by atoms with Crippen LogP contribution in [-0.4, -0.2) is 18.6 Å². The number of rotatable bonds is 4. The molecule has 1 unspecified atom stereocenters. The first-order valence-electron chi connectivity index (χ1n) is 7.12. The van der Waals surface area contributed by atoms with Crippen LogP contribution in [0.25, 0.3) is 0 Å². The number of anilines is 1. The zero-order valence-electron chi connectivity index (χ0n) is 12.3. The first-order valence-corrected chi connectivity index (χ1v) is 7.94. The van der Waals surface area contributed by atoms with Crippen LogP contribution in [0.2, 0.25) is 0 Å². The van der Waals surface area contributed by atoms with Crippen LogP contribution in [0.4, 0.5) is 5.69 Å². The molecule has 20 heavy (non-hydrogen) atoms. The first-order chi connectivity index (χ1) is 9.63. The Hall–Kier alpha value is -1.39. The third kappa shape index (κ3) is 2.72. The highest BCUT2D eigenvalue weighted by molar-refractivity contribution is 7.11. The van der Waals surface area contributed by atoms with Crippen LogP contribution in [0.3, 0.4) is 0 Å². The molecule has 2 heterocycles. The quantitative estimate of drug-likeness (QED) is 0.935. The molecule has 0 amide bonds. The van der Waals surface area contributed by atoms with Crippen LogP contribution in [0.5, 0.6) is 0 Å². The summed E-state index contributed by atoms with van der Waals surface area (Å²) in [6.45, 7) is 6.32. The van der Waals surface area contributed by atoms with Gasteiger partial charge in [-0.25, -0.2) is 4.98 Å². The summed E-state index contributed by atoms with van der Waals surface area (Å²) in [6, 6.07) is 7.13. The van der Waals surface area contributed by atoms with E-state index in [0.29, 0.717) is 6.04 Å². The average Bonchev–Trinajstić information content (AvgIpc) is 3.03. The largest absolute Gasteiger partial charge is 0.374 e. The average molecular weight is 287 g/mol. The molecule has 1 N–H and O–H groups in total. The molecule has 106 valence electrons. The van der Waals surface area contributed by atoms with E-state index in [2.05, 4.69) is 54.3 Å². The molecule has 0 spiro atoms. The van der Waals surface area contributed by atoms with Gasteiger partial charge in [0.05, 0.1) is 6.04 Å². The van der Waals surface area contributed by atoms with E-state index in [1.807, 2.05) is 6.20 Å². The molecule has 3 nitrogen and oxygen atoms in total. The normalized spacial score (nSPS) is 15.4. The molecule has 0 saturated carbocycles. The zero-order chi connectivity index (χ0) is 14.1. The van der Waals surface area contributed by atoms with Crippen molar-refractivity contribution in [3.05, 3.63) is 45.4 Å². The highest BCUT2D eigenvalue weighted by Crippen LogP contribution is 2.27.